The fraction of sp³-hybridized carbons (Fsp3) is 0. The van der Waals surface area contributed by atoms with Gasteiger partial charge in [-0.1, -0.05) is 152 Å². The number of thiophene rings is 1. The maximum atomic E-state index is 7.64. The van der Waals surface area contributed by atoms with Gasteiger partial charge in [-0.3, -0.25) is 0 Å². The van der Waals surface area contributed by atoms with E-state index in [0.717, 1.165) is 70.1 Å². The molecule has 0 N–H and O–H groups in total. The van der Waals surface area contributed by atoms with E-state index in [1.165, 1.54) is 0 Å². The van der Waals surface area contributed by atoms with Crippen LogP contribution in [0.15, 0.2) is 175 Å². The van der Waals surface area contributed by atoms with E-state index in [0.29, 0.717) is 40.2 Å². The molecule has 272 valence electrons. The highest BCUT2D eigenvalue weighted by molar-refractivity contribution is 7.26. The van der Waals surface area contributed by atoms with Crippen LogP contribution in [0.1, 0.15) is 5.69 Å². The van der Waals surface area contributed by atoms with Crippen LogP contribution in [0, 0.1) is 6.57 Å². The summed E-state index contributed by atoms with van der Waals surface area (Å²) in [4.78, 5) is 29.2. The lowest BCUT2D eigenvalue weighted by molar-refractivity contribution is 0.669. The van der Waals surface area contributed by atoms with Crippen LogP contribution in [0.4, 0.5) is 5.69 Å². The van der Waals surface area contributed by atoms with Crippen molar-refractivity contribution in [2.45, 2.75) is 0 Å². The molecule has 0 saturated carbocycles. The lowest BCUT2D eigenvalue weighted by atomic mass is 10.0. The summed E-state index contributed by atoms with van der Waals surface area (Å²) in [6.07, 6.45) is 9.57. The van der Waals surface area contributed by atoms with Crippen molar-refractivity contribution in [3.8, 4) is 56.7 Å². The minimum Gasteiger partial charge on any atom is -0.455 e. The van der Waals surface area contributed by atoms with Gasteiger partial charge in [-0.25, -0.2) is 29.8 Å². The molecule has 10 rings (SSSR count). The molecule has 10 aromatic rings. The molecular formula is C50H30N6OS. The van der Waals surface area contributed by atoms with E-state index in [1.807, 2.05) is 146 Å². The monoisotopic (exact) mass is 762 g/mol. The Hall–Kier alpha value is -7.86. The Morgan fingerprint density at radius 2 is 1.21 bits per heavy atom. The molecule has 0 amide bonds. The quantitative estimate of drug-likeness (QED) is 0.113. The molecule has 0 aliphatic heterocycles. The zero-order valence-electron chi connectivity index (χ0n) is 30.9. The second-order valence-electron chi connectivity index (χ2n) is 13.5. The Balaban J connectivity index is 1.14. The Bertz CT molecular complexity index is 3320. The molecule has 0 radical (unpaired) electrons. The molecule has 6 aromatic carbocycles. The van der Waals surface area contributed by atoms with Crippen molar-refractivity contribution in [1.29, 1.82) is 0 Å². The van der Waals surface area contributed by atoms with Crippen molar-refractivity contribution < 1.29 is 4.42 Å². The smallest absolute Gasteiger partial charge is 0.194 e. The van der Waals surface area contributed by atoms with Gasteiger partial charge in [0.05, 0.1) is 28.0 Å². The molecule has 8 heteroatoms. The highest BCUT2D eigenvalue weighted by Crippen LogP contribution is 2.42. The number of rotatable bonds is 8. The molecule has 0 bridgehead atoms. The summed E-state index contributed by atoms with van der Waals surface area (Å²) in [5.74, 6) is 2.19. The van der Waals surface area contributed by atoms with Crippen molar-refractivity contribution in [3.63, 3.8) is 0 Å². The van der Waals surface area contributed by atoms with Gasteiger partial charge in [-0.2, -0.15) is 0 Å². The first kappa shape index (κ1) is 34.6. The van der Waals surface area contributed by atoms with Crippen molar-refractivity contribution in [3.05, 3.63) is 188 Å². The second-order valence-corrected chi connectivity index (χ2v) is 14.6. The van der Waals surface area contributed by atoms with Gasteiger partial charge in [0.2, 0.25) is 0 Å². The minimum atomic E-state index is 0.521. The summed E-state index contributed by atoms with van der Waals surface area (Å²) in [5, 5.41) is 2.88. The molecule has 7 nitrogen and oxygen atoms in total. The van der Waals surface area contributed by atoms with E-state index in [9.17, 15) is 0 Å². The van der Waals surface area contributed by atoms with Gasteiger partial charge < -0.3 is 4.42 Å². The third-order valence-corrected chi connectivity index (χ3v) is 11.2. The molecule has 0 aliphatic rings. The molecule has 4 heterocycles. The van der Waals surface area contributed by atoms with Crippen LogP contribution in [0.5, 0.6) is 0 Å². The van der Waals surface area contributed by atoms with Crippen LogP contribution in [0.2, 0.25) is 0 Å². The summed E-state index contributed by atoms with van der Waals surface area (Å²) < 4.78 is 8.90. The van der Waals surface area contributed by atoms with Crippen LogP contribution in [0.3, 0.4) is 0 Å². The largest absolute Gasteiger partial charge is 0.455 e. The number of aromatic nitrogens is 5. The molecule has 0 spiro atoms. The maximum absolute atomic E-state index is 7.64. The van der Waals surface area contributed by atoms with Gasteiger partial charge in [0.25, 0.3) is 0 Å². The lowest BCUT2D eigenvalue weighted by Gasteiger charge is -2.10. The summed E-state index contributed by atoms with van der Waals surface area (Å²) in [6, 6.07) is 46.0. The van der Waals surface area contributed by atoms with E-state index in [4.69, 9.17) is 35.9 Å². The van der Waals surface area contributed by atoms with Crippen LogP contribution < -0.4 is 0 Å². The zero-order valence-corrected chi connectivity index (χ0v) is 31.7. The fourth-order valence-electron chi connectivity index (χ4n) is 7.30. The normalized spacial score (nSPS) is 11.7. The minimum absolute atomic E-state index is 0.521. The molecule has 0 saturated heterocycles. The molecular weight excluding hydrogens is 733 g/mol. The summed E-state index contributed by atoms with van der Waals surface area (Å²) in [5.41, 5.74) is 8.85. The molecule has 0 fully saturated rings. The number of hydrogen-bond donors (Lipinski definition) is 0. The lowest BCUT2D eigenvalue weighted by Crippen LogP contribution is -2.00. The van der Waals surface area contributed by atoms with Crippen molar-refractivity contribution in [1.82, 2.24) is 24.9 Å². The van der Waals surface area contributed by atoms with Gasteiger partial charge in [0, 0.05) is 37.5 Å². The van der Waals surface area contributed by atoms with Crippen LogP contribution in [-0.2, 0) is 0 Å². The molecule has 0 atom stereocenters. The number of benzene rings is 6. The highest BCUT2D eigenvalue weighted by atomic mass is 32.1. The van der Waals surface area contributed by atoms with E-state index >= 15 is 0 Å². The standard InChI is InChI=1S/C50H30N6OS/c1-3-4-5-9-24-40-46-44(35-19-11-13-26-42(35)58-46)53-50(52-40)38-22-14-20-36-43-37(21-15-25-41(43)57-45(36)38)49-55-47(32-16-7-6-8-17-32)54-48(56-49)33-29-27-31(28-30-33)34-18-10-12-23-39(34)51-2/h3-30H,1H2/b5-4-,24-9+. The number of allylic oxidation sites excluding steroid dienone is 4. The number of hydrogen-bond acceptors (Lipinski definition) is 7. The summed E-state index contributed by atoms with van der Waals surface area (Å²) in [6.45, 7) is 11.4. The number of para-hydroxylation sites is 2. The molecule has 0 aliphatic carbocycles. The number of fused-ring (bicyclic) bond motifs is 6. The van der Waals surface area contributed by atoms with Crippen LogP contribution in [-0.4, -0.2) is 24.9 Å². The Kier molecular flexibility index (Phi) is 8.75. The topological polar surface area (TPSA) is 82.0 Å². The van der Waals surface area contributed by atoms with Crippen LogP contribution in [0.25, 0.3) is 110 Å². The van der Waals surface area contributed by atoms with E-state index in [2.05, 4.69) is 29.6 Å². The third-order valence-electron chi connectivity index (χ3n) is 10.0. The molecule has 0 unspecified atom stereocenters. The number of nitrogens with zero attached hydrogens (tertiary/aromatic N) is 6. The highest BCUT2D eigenvalue weighted by Gasteiger charge is 2.22. The zero-order chi connectivity index (χ0) is 39.0. The first-order chi connectivity index (χ1) is 28.7. The van der Waals surface area contributed by atoms with Gasteiger partial charge in [0.15, 0.2) is 29.0 Å². The first-order valence-corrected chi connectivity index (χ1v) is 19.5. The molecule has 58 heavy (non-hydrogen) atoms. The van der Waals surface area contributed by atoms with Gasteiger partial charge in [0.1, 0.15) is 11.2 Å². The first-order valence-electron chi connectivity index (χ1n) is 18.7. The van der Waals surface area contributed by atoms with Gasteiger partial charge in [-0.15, -0.1) is 11.3 Å². The second kappa shape index (κ2) is 14.7. The van der Waals surface area contributed by atoms with Gasteiger partial charge >= 0.3 is 0 Å². The molecule has 4 aromatic heterocycles. The fourth-order valence-corrected chi connectivity index (χ4v) is 8.41. The van der Waals surface area contributed by atoms with E-state index in [1.54, 1.807) is 17.4 Å². The Labute approximate surface area is 337 Å². The average molecular weight is 763 g/mol. The van der Waals surface area contributed by atoms with Crippen molar-refractivity contribution >= 4 is 65.3 Å². The Morgan fingerprint density at radius 1 is 0.552 bits per heavy atom. The Morgan fingerprint density at radius 3 is 2.03 bits per heavy atom. The predicted octanol–water partition coefficient (Wildman–Crippen LogP) is 13.6. The SMILES string of the molecule is [C-]#[N+]c1ccccc1-c1ccc(-c2nc(-c3ccccc3)nc(-c3cccc4oc5c(-c6nc(/C=C/C=C\C=C)c7sc8ccccc8c7n6)cccc5c34)n2)cc1. The van der Waals surface area contributed by atoms with Gasteiger partial charge in [-0.05, 0) is 35.4 Å². The third kappa shape index (κ3) is 6.13. The summed E-state index contributed by atoms with van der Waals surface area (Å²) in [7, 11) is 0. The van der Waals surface area contributed by atoms with Crippen LogP contribution >= 0.6 is 11.3 Å². The summed E-state index contributed by atoms with van der Waals surface area (Å²) >= 11 is 1.69. The van der Waals surface area contributed by atoms with E-state index in [-0.39, 0.29) is 0 Å². The number of furan rings is 1. The maximum Gasteiger partial charge on any atom is 0.194 e. The van der Waals surface area contributed by atoms with Crippen molar-refractivity contribution in [2.75, 3.05) is 0 Å². The van der Waals surface area contributed by atoms with Crippen molar-refractivity contribution in [2.24, 2.45) is 0 Å². The predicted molar refractivity (Wildman–Crippen MR) is 237 cm³/mol. The average Bonchev–Trinajstić information content (AvgIpc) is 3.87. The van der Waals surface area contributed by atoms with E-state index < -0.39 is 0 Å².